The van der Waals surface area contributed by atoms with Gasteiger partial charge in [0.05, 0.1) is 38.5 Å². The molecule has 0 radical (unpaired) electrons. The number of hydrogen-bond acceptors (Lipinski definition) is 0. The van der Waals surface area contributed by atoms with Crippen LogP contribution in [-0.2, 0) is 5.41 Å². The van der Waals surface area contributed by atoms with Gasteiger partial charge < -0.3 is 13.7 Å². The number of hydrogen-bond donors (Lipinski definition) is 0. The van der Waals surface area contributed by atoms with E-state index in [4.69, 9.17) is 0 Å². The minimum atomic E-state index is -0.508. The number of benzene rings is 13. The summed E-state index contributed by atoms with van der Waals surface area (Å²) in [4.78, 5) is 0. The van der Waals surface area contributed by atoms with Gasteiger partial charge in [0.2, 0.25) is 0 Å². The van der Waals surface area contributed by atoms with Crippen molar-refractivity contribution in [3.63, 3.8) is 0 Å². The quantitative estimate of drug-likeness (QED) is 0.144. The first-order chi connectivity index (χ1) is 40.7. The number of nitrogens with zero attached hydrogens (tertiary/aromatic N) is 3. The SMILES string of the molecule is c1ccc(-c2ccc(-n3c4ccccc4c4cc(-c5cc(-c6ccc7c(c6)c6ccccc6n7-c6ccc7c(c6)C(c6ccccc6)(c6ccccc6)c6ccccc6-7)cc(-n6c7ccccc7c7ccccc76)c5)ccc43)cc2)cc1. The van der Waals surface area contributed by atoms with Crippen LogP contribution in [0.4, 0.5) is 0 Å². The van der Waals surface area contributed by atoms with Gasteiger partial charge in [0.25, 0.3) is 0 Å². The Morgan fingerprint density at radius 2 is 0.573 bits per heavy atom. The van der Waals surface area contributed by atoms with Gasteiger partial charge in [-0.2, -0.15) is 0 Å². The Labute approximate surface area is 475 Å². The van der Waals surface area contributed by atoms with Gasteiger partial charge in [0, 0.05) is 49.4 Å². The van der Waals surface area contributed by atoms with E-state index in [0.717, 1.165) is 39.3 Å². The molecule has 0 saturated heterocycles. The van der Waals surface area contributed by atoms with Crippen LogP contribution in [0.5, 0.6) is 0 Å². The predicted octanol–water partition coefficient (Wildman–Crippen LogP) is 20.3. The molecular weight excluding hydrogens is 991 g/mol. The number of fused-ring (bicyclic) bond motifs is 12. The Morgan fingerprint density at radius 1 is 0.195 bits per heavy atom. The van der Waals surface area contributed by atoms with E-state index < -0.39 is 5.41 Å². The van der Waals surface area contributed by atoms with Crippen LogP contribution in [-0.4, -0.2) is 13.7 Å². The van der Waals surface area contributed by atoms with Crippen molar-refractivity contribution in [3.05, 3.63) is 332 Å². The Hall–Kier alpha value is -10.7. The Morgan fingerprint density at radius 3 is 1.11 bits per heavy atom. The molecule has 0 bridgehead atoms. The Balaban J connectivity index is 0.855. The van der Waals surface area contributed by atoms with E-state index in [9.17, 15) is 0 Å². The predicted molar refractivity (Wildman–Crippen MR) is 343 cm³/mol. The molecular formula is C79H51N3. The Bertz CT molecular complexity index is 5100. The molecule has 1 aliphatic rings. The number of para-hydroxylation sites is 4. The zero-order valence-corrected chi connectivity index (χ0v) is 44.8. The molecule has 17 rings (SSSR count). The molecule has 0 spiro atoms. The molecule has 13 aromatic carbocycles. The fraction of sp³-hybridized carbons (Fsp3) is 0.0127. The van der Waals surface area contributed by atoms with E-state index in [0.29, 0.717) is 0 Å². The van der Waals surface area contributed by atoms with Gasteiger partial charge in [-0.3, -0.25) is 0 Å². The van der Waals surface area contributed by atoms with E-state index in [-0.39, 0.29) is 0 Å². The third-order valence-electron chi connectivity index (χ3n) is 17.7. The standard InChI is InChI=1S/C79H51N3/c1-4-20-52(21-5-1)53-36-40-60(41-37-53)80-75-34-18-13-29-67(75)69-49-54(38-44-77(69)80)56-46-57(48-62(47-56)82-73-32-16-11-27-65(73)66-28-12-17-33-74(66)82)55-39-45-78-70(50-55)68-30-14-19-35-76(68)81(78)61-42-43-64-63-26-10-15-31-71(63)79(72(64)51-61,58-22-6-2-7-23-58)59-24-8-3-9-25-59/h1-51H. The van der Waals surface area contributed by atoms with Crippen molar-refractivity contribution in [1.29, 1.82) is 0 Å². The lowest BCUT2D eigenvalue weighted by atomic mass is 9.67. The van der Waals surface area contributed by atoms with Gasteiger partial charge in [0.15, 0.2) is 0 Å². The van der Waals surface area contributed by atoms with Crippen LogP contribution in [0.1, 0.15) is 22.3 Å². The molecule has 82 heavy (non-hydrogen) atoms. The lowest BCUT2D eigenvalue weighted by molar-refractivity contribution is 0.767. The summed E-state index contributed by atoms with van der Waals surface area (Å²) in [6.45, 7) is 0. The lowest BCUT2D eigenvalue weighted by Gasteiger charge is -2.34. The fourth-order valence-electron chi connectivity index (χ4n) is 14.1. The average Bonchev–Trinajstić information content (AvgIpc) is 2.77. The van der Waals surface area contributed by atoms with Crippen LogP contribution >= 0.6 is 0 Å². The van der Waals surface area contributed by atoms with Crippen molar-refractivity contribution in [2.45, 2.75) is 5.41 Å². The lowest BCUT2D eigenvalue weighted by Crippen LogP contribution is -2.28. The maximum atomic E-state index is 2.49. The van der Waals surface area contributed by atoms with Gasteiger partial charge in [-0.1, -0.05) is 218 Å². The van der Waals surface area contributed by atoms with E-state index in [1.807, 2.05) is 0 Å². The van der Waals surface area contributed by atoms with Crippen molar-refractivity contribution in [2.24, 2.45) is 0 Å². The first kappa shape index (κ1) is 46.2. The van der Waals surface area contributed by atoms with Crippen LogP contribution in [0.25, 0.3) is 127 Å². The molecule has 0 amide bonds. The first-order valence-corrected chi connectivity index (χ1v) is 28.4. The van der Waals surface area contributed by atoms with Crippen LogP contribution < -0.4 is 0 Å². The summed E-state index contributed by atoms with van der Waals surface area (Å²) in [6, 6.07) is 115. The summed E-state index contributed by atoms with van der Waals surface area (Å²) in [7, 11) is 0. The summed E-state index contributed by atoms with van der Waals surface area (Å²) >= 11 is 0. The Kier molecular flexibility index (Phi) is 10.2. The first-order valence-electron chi connectivity index (χ1n) is 28.4. The van der Waals surface area contributed by atoms with E-state index in [1.165, 1.54) is 110 Å². The molecule has 3 heterocycles. The molecule has 16 aromatic rings. The second-order valence-corrected chi connectivity index (χ2v) is 22.0. The molecule has 382 valence electrons. The molecule has 0 unspecified atom stereocenters. The van der Waals surface area contributed by atoms with Crippen LogP contribution in [0, 0.1) is 0 Å². The summed E-state index contributed by atoms with van der Waals surface area (Å²) in [6.07, 6.45) is 0. The monoisotopic (exact) mass is 1040 g/mol. The highest BCUT2D eigenvalue weighted by Crippen LogP contribution is 2.57. The molecule has 3 nitrogen and oxygen atoms in total. The summed E-state index contributed by atoms with van der Waals surface area (Å²) in [5.74, 6) is 0. The largest absolute Gasteiger partial charge is 0.309 e. The molecule has 0 fully saturated rings. The maximum absolute atomic E-state index is 2.49. The van der Waals surface area contributed by atoms with Crippen LogP contribution in [0.3, 0.4) is 0 Å². The fourth-order valence-corrected chi connectivity index (χ4v) is 14.1. The van der Waals surface area contributed by atoms with Gasteiger partial charge >= 0.3 is 0 Å². The van der Waals surface area contributed by atoms with Crippen molar-refractivity contribution in [3.8, 4) is 61.6 Å². The molecule has 0 N–H and O–H groups in total. The summed E-state index contributed by atoms with van der Waals surface area (Å²) in [5.41, 5.74) is 24.7. The van der Waals surface area contributed by atoms with Crippen molar-refractivity contribution in [2.75, 3.05) is 0 Å². The third-order valence-corrected chi connectivity index (χ3v) is 17.7. The van der Waals surface area contributed by atoms with Crippen molar-refractivity contribution < 1.29 is 0 Å². The van der Waals surface area contributed by atoms with Crippen LogP contribution in [0.2, 0.25) is 0 Å². The zero-order valence-electron chi connectivity index (χ0n) is 44.8. The van der Waals surface area contributed by atoms with Crippen LogP contribution in [0.15, 0.2) is 309 Å². The zero-order chi connectivity index (χ0) is 53.9. The van der Waals surface area contributed by atoms with Gasteiger partial charge in [0.1, 0.15) is 0 Å². The molecule has 0 atom stereocenters. The highest BCUT2D eigenvalue weighted by Gasteiger charge is 2.46. The topological polar surface area (TPSA) is 14.8 Å². The molecule has 3 heteroatoms. The molecule has 3 aromatic heterocycles. The minimum Gasteiger partial charge on any atom is -0.309 e. The van der Waals surface area contributed by atoms with Gasteiger partial charge in [-0.15, -0.1) is 0 Å². The average molecular weight is 1040 g/mol. The number of aromatic nitrogens is 3. The summed E-state index contributed by atoms with van der Waals surface area (Å²) in [5, 5.41) is 7.36. The van der Waals surface area contributed by atoms with E-state index >= 15 is 0 Å². The third kappa shape index (κ3) is 6.84. The van der Waals surface area contributed by atoms with Gasteiger partial charge in [-0.25, -0.2) is 0 Å². The molecule has 0 saturated carbocycles. The normalized spacial score (nSPS) is 12.7. The number of rotatable bonds is 8. The van der Waals surface area contributed by atoms with E-state index in [1.54, 1.807) is 0 Å². The maximum Gasteiger partial charge on any atom is 0.0714 e. The summed E-state index contributed by atoms with van der Waals surface area (Å²) < 4.78 is 7.36. The van der Waals surface area contributed by atoms with E-state index in [2.05, 4.69) is 323 Å². The minimum absolute atomic E-state index is 0.508. The van der Waals surface area contributed by atoms with Crippen molar-refractivity contribution >= 4 is 65.4 Å². The second-order valence-electron chi connectivity index (χ2n) is 22.0. The molecule has 0 aliphatic heterocycles. The highest BCUT2D eigenvalue weighted by atomic mass is 15.0. The van der Waals surface area contributed by atoms with Crippen molar-refractivity contribution in [1.82, 2.24) is 13.7 Å². The smallest absolute Gasteiger partial charge is 0.0714 e. The highest BCUT2D eigenvalue weighted by molar-refractivity contribution is 6.13. The molecule has 1 aliphatic carbocycles. The second kappa shape index (κ2) is 18.2. The van der Waals surface area contributed by atoms with Gasteiger partial charge in [-0.05, 0) is 158 Å².